The van der Waals surface area contributed by atoms with Gasteiger partial charge in [-0.2, -0.15) is 0 Å². The van der Waals surface area contributed by atoms with Crippen molar-refractivity contribution in [3.05, 3.63) is 67.2 Å². The molecule has 0 aliphatic carbocycles. The summed E-state index contributed by atoms with van der Waals surface area (Å²) in [7, 11) is 0. The predicted octanol–water partition coefficient (Wildman–Crippen LogP) is 5.88. The summed E-state index contributed by atoms with van der Waals surface area (Å²) in [6.45, 7) is 3.14. The van der Waals surface area contributed by atoms with Crippen LogP contribution in [-0.2, 0) is 6.42 Å². The molecule has 112 valence electrons. The molecule has 0 spiro atoms. The van der Waals surface area contributed by atoms with E-state index < -0.39 is 0 Å². The second-order valence-electron chi connectivity index (χ2n) is 4.98. The molecule has 0 saturated carbocycles. The lowest BCUT2D eigenvalue weighted by Crippen LogP contribution is -2.24. The van der Waals surface area contributed by atoms with E-state index in [4.69, 9.17) is 23.2 Å². The standard InChI is InChI=1S/C17H18Cl2IN/c1-2-9-21-17(11-12-5-3-4-6-14(12)18)13-7-8-16(20)15(19)10-13/h3-8,10,17,21H,2,9,11H2,1H3. The molecule has 2 aromatic rings. The quantitative estimate of drug-likeness (QED) is 0.560. The highest BCUT2D eigenvalue weighted by Crippen LogP contribution is 2.27. The van der Waals surface area contributed by atoms with E-state index in [0.29, 0.717) is 0 Å². The van der Waals surface area contributed by atoms with Gasteiger partial charge in [0.05, 0.1) is 5.02 Å². The van der Waals surface area contributed by atoms with Crippen molar-refractivity contribution in [1.82, 2.24) is 5.32 Å². The minimum absolute atomic E-state index is 0.222. The summed E-state index contributed by atoms with van der Waals surface area (Å²) in [6.07, 6.45) is 1.95. The van der Waals surface area contributed by atoms with Crippen LogP contribution in [0.1, 0.15) is 30.5 Å². The summed E-state index contributed by atoms with van der Waals surface area (Å²) in [5, 5.41) is 5.21. The molecule has 0 heterocycles. The van der Waals surface area contributed by atoms with Crippen LogP contribution in [0.5, 0.6) is 0 Å². The zero-order valence-electron chi connectivity index (χ0n) is 11.9. The summed E-state index contributed by atoms with van der Waals surface area (Å²) in [6, 6.07) is 14.5. The lowest BCUT2D eigenvalue weighted by atomic mass is 9.98. The number of hydrogen-bond acceptors (Lipinski definition) is 1. The van der Waals surface area contributed by atoms with E-state index >= 15 is 0 Å². The SMILES string of the molecule is CCCNC(Cc1ccccc1Cl)c1ccc(I)c(Cl)c1. The molecular formula is C17H18Cl2IN. The Hall–Kier alpha value is -0.290. The average Bonchev–Trinajstić information content (AvgIpc) is 2.48. The monoisotopic (exact) mass is 433 g/mol. The molecule has 0 bridgehead atoms. The zero-order chi connectivity index (χ0) is 15.2. The van der Waals surface area contributed by atoms with Crippen LogP contribution in [0.25, 0.3) is 0 Å². The fourth-order valence-electron chi connectivity index (χ4n) is 2.24. The van der Waals surface area contributed by atoms with E-state index in [1.807, 2.05) is 24.3 Å². The number of halogens is 3. The molecule has 1 unspecified atom stereocenters. The number of benzene rings is 2. The van der Waals surface area contributed by atoms with Gasteiger partial charge in [-0.15, -0.1) is 0 Å². The van der Waals surface area contributed by atoms with Crippen LogP contribution in [0.15, 0.2) is 42.5 Å². The van der Waals surface area contributed by atoms with E-state index in [9.17, 15) is 0 Å². The zero-order valence-corrected chi connectivity index (χ0v) is 15.5. The molecule has 0 radical (unpaired) electrons. The van der Waals surface area contributed by atoms with Gasteiger partial charge in [0.25, 0.3) is 0 Å². The molecule has 0 saturated heterocycles. The molecule has 2 aromatic carbocycles. The van der Waals surface area contributed by atoms with Gasteiger partial charge in [0.1, 0.15) is 0 Å². The molecule has 2 rings (SSSR count). The summed E-state index contributed by atoms with van der Waals surface area (Å²) in [5.41, 5.74) is 2.36. The van der Waals surface area contributed by atoms with E-state index in [-0.39, 0.29) is 6.04 Å². The normalized spacial score (nSPS) is 12.4. The van der Waals surface area contributed by atoms with E-state index in [1.54, 1.807) is 0 Å². The highest BCUT2D eigenvalue weighted by Gasteiger charge is 2.14. The minimum atomic E-state index is 0.222. The number of nitrogens with one attached hydrogen (secondary N) is 1. The molecule has 1 N–H and O–H groups in total. The topological polar surface area (TPSA) is 12.0 Å². The maximum Gasteiger partial charge on any atom is 0.0542 e. The van der Waals surface area contributed by atoms with Crippen LogP contribution >= 0.6 is 45.8 Å². The van der Waals surface area contributed by atoms with Crippen LogP contribution in [0.3, 0.4) is 0 Å². The largest absolute Gasteiger partial charge is 0.310 e. The smallest absolute Gasteiger partial charge is 0.0542 e. The Balaban J connectivity index is 2.25. The van der Waals surface area contributed by atoms with Crippen molar-refractivity contribution < 1.29 is 0 Å². The van der Waals surface area contributed by atoms with Crippen molar-refractivity contribution in [2.24, 2.45) is 0 Å². The fourth-order valence-corrected chi connectivity index (χ4v) is 2.98. The van der Waals surface area contributed by atoms with Crippen molar-refractivity contribution in [3.8, 4) is 0 Å². The first-order chi connectivity index (χ1) is 10.1. The molecule has 1 atom stereocenters. The van der Waals surface area contributed by atoms with Gasteiger partial charge in [0, 0.05) is 14.6 Å². The van der Waals surface area contributed by atoms with E-state index in [0.717, 1.165) is 38.6 Å². The predicted molar refractivity (Wildman–Crippen MR) is 100 cm³/mol. The van der Waals surface area contributed by atoms with E-state index in [2.05, 4.69) is 53.0 Å². The molecule has 1 nitrogen and oxygen atoms in total. The van der Waals surface area contributed by atoms with Gasteiger partial charge < -0.3 is 5.32 Å². The van der Waals surface area contributed by atoms with Gasteiger partial charge in [-0.05, 0) is 71.3 Å². The van der Waals surface area contributed by atoms with Crippen molar-refractivity contribution >= 4 is 45.8 Å². The Bertz CT molecular complexity index is 601. The summed E-state index contributed by atoms with van der Waals surface area (Å²) >= 11 is 14.8. The van der Waals surface area contributed by atoms with Crippen molar-refractivity contribution in [3.63, 3.8) is 0 Å². The van der Waals surface area contributed by atoms with Crippen LogP contribution in [0.2, 0.25) is 10.0 Å². The van der Waals surface area contributed by atoms with Crippen LogP contribution in [0, 0.1) is 3.57 Å². The van der Waals surface area contributed by atoms with Gasteiger partial charge in [-0.25, -0.2) is 0 Å². The average molecular weight is 434 g/mol. The number of hydrogen-bond donors (Lipinski definition) is 1. The Morgan fingerprint density at radius 3 is 2.52 bits per heavy atom. The molecule has 0 aliphatic rings. The molecular weight excluding hydrogens is 416 g/mol. The molecule has 0 aromatic heterocycles. The maximum atomic E-state index is 6.29. The van der Waals surface area contributed by atoms with Gasteiger partial charge in [-0.3, -0.25) is 0 Å². The van der Waals surface area contributed by atoms with Crippen LogP contribution < -0.4 is 5.32 Å². The van der Waals surface area contributed by atoms with Crippen molar-refractivity contribution in [1.29, 1.82) is 0 Å². The Morgan fingerprint density at radius 1 is 1.10 bits per heavy atom. The molecule has 0 aliphatic heterocycles. The Kier molecular flexibility index (Phi) is 6.80. The summed E-state index contributed by atoms with van der Waals surface area (Å²) in [4.78, 5) is 0. The van der Waals surface area contributed by atoms with Crippen LogP contribution in [0.4, 0.5) is 0 Å². The second-order valence-corrected chi connectivity index (χ2v) is 6.95. The van der Waals surface area contributed by atoms with Gasteiger partial charge in [-0.1, -0.05) is 54.4 Å². The fraction of sp³-hybridized carbons (Fsp3) is 0.294. The maximum absolute atomic E-state index is 6.29. The van der Waals surface area contributed by atoms with Crippen molar-refractivity contribution in [2.75, 3.05) is 6.54 Å². The molecule has 0 amide bonds. The molecule has 0 fully saturated rings. The molecule has 21 heavy (non-hydrogen) atoms. The first-order valence-electron chi connectivity index (χ1n) is 7.03. The highest BCUT2D eigenvalue weighted by atomic mass is 127. The third kappa shape index (κ3) is 4.85. The Labute approximate surface area is 150 Å². The van der Waals surface area contributed by atoms with Crippen molar-refractivity contribution in [2.45, 2.75) is 25.8 Å². The van der Waals surface area contributed by atoms with Gasteiger partial charge >= 0.3 is 0 Å². The lowest BCUT2D eigenvalue weighted by molar-refractivity contribution is 0.529. The number of rotatable bonds is 6. The van der Waals surface area contributed by atoms with Crippen LogP contribution in [-0.4, -0.2) is 6.54 Å². The summed E-state index contributed by atoms with van der Waals surface area (Å²) in [5.74, 6) is 0. The van der Waals surface area contributed by atoms with Gasteiger partial charge in [0.15, 0.2) is 0 Å². The minimum Gasteiger partial charge on any atom is -0.310 e. The summed E-state index contributed by atoms with van der Waals surface area (Å²) < 4.78 is 1.07. The first kappa shape index (κ1) is 17.1. The van der Waals surface area contributed by atoms with E-state index in [1.165, 1.54) is 5.56 Å². The third-order valence-electron chi connectivity index (χ3n) is 3.37. The lowest BCUT2D eigenvalue weighted by Gasteiger charge is -2.20. The Morgan fingerprint density at radius 2 is 1.86 bits per heavy atom. The second kappa shape index (κ2) is 8.37. The van der Waals surface area contributed by atoms with Gasteiger partial charge in [0.2, 0.25) is 0 Å². The molecule has 4 heteroatoms. The highest BCUT2D eigenvalue weighted by molar-refractivity contribution is 14.1. The third-order valence-corrected chi connectivity index (χ3v) is 5.31. The first-order valence-corrected chi connectivity index (χ1v) is 8.87.